The summed E-state index contributed by atoms with van der Waals surface area (Å²) in [6.07, 6.45) is 6.84. The average molecular weight is 241 g/mol. The topological polar surface area (TPSA) is 21.3 Å². The van der Waals surface area contributed by atoms with E-state index in [4.69, 9.17) is 4.74 Å². The molecule has 0 heterocycles. The van der Waals surface area contributed by atoms with Crippen LogP contribution in [0.25, 0.3) is 0 Å². The monoisotopic (exact) mass is 241 g/mol. The van der Waals surface area contributed by atoms with Gasteiger partial charge in [0, 0.05) is 12.6 Å². The maximum atomic E-state index is 6.00. The first kappa shape index (κ1) is 15.0. The maximum absolute atomic E-state index is 6.00. The molecule has 1 saturated carbocycles. The molecule has 102 valence electrons. The second-order valence-electron chi connectivity index (χ2n) is 5.86. The van der Waals surface area contributed by atoms with Gasteiger partial charge in [-0.25, -0.2) is 0 Å². The van der Waals surface area contributed by atoms with Crippen molar-refractivity contribution in [3.8, 4) is 0 Å². The van der Waals surface area contributed by atoms with Gasteiger partial charge in [-0.1, -0.05) is 20.8 Å². The normalized spacial score (nSPS) is 31.4. The van der Waals surface area contributed by atoms with Gasteiger partial charge < -0.3 is 10.1 Å². The van der Waals surface area contributed by atoms with Crippen LogP contribution in [0, 0.1) is 11.8 Å². The quantitative estimate of drug-likeness (QED) is 0.688. The van der Waals surface area contributed by atoms with Crippen LogP contribution >= 0.6 is 0 Å². The molecule has 1 N–H and O–H groups in total. The molecule has 0 aromatic rings. The third kappa shape index (κ3) is 5.87. The minimum Gasteiger partial charge on any atom is -0.378 e. The van der Waals surface area contributed by atoms with Crippen LogP contribution in [0.15, 0.2) is 0 Å². The highest BCUT2D eigenvalue weighted by Gasteiger charge is 2.24. The van der Waals surface area contributed by atoms with E-state index in [1.54, 1.807) is 0 Å². The lowest BCUT2D eigenvalue weighted by atomic mass is 9.80. The Hall–Kier alpha value is -0.0800. The summed E-state index contributed by atoms with van der Waals surface area (Å²) in [5, 5.41) is 3.44. The molecule has 0 aliphatic heterocycles. The van der Waals surface area contributed by atoms with E-state index in [1.165, 1.54) is 32.1 Å². The van der Waals surface area contributed by atoms with Crippen molar-refractivity contribution in [3.63, 3.8) is 0 Å². The second-order valence-corrected chi connectivity index (χ2v) is 5.86. The van der Waals surface area contributed by atoms with E-state index in [-0.39, 0.29) is 0 Å². The molecular formula is C15H31NO. The van der Waals surface area contributed by atoms with Gasteiger partial charge in [0.1, 0.15) is 0 Å². The van der Waals surface area contributed by atoms with Crippen molar-refractivity contribution < 1.29 is 4.74 Å². The first-order chi connectivity index (χ1) is 8.13. The molecule has 0 spiro atoms. The van der Waals surface area contributed by atoms with Gasteiger partial charge >= 0.3 is 0 Å². The number of hydrogen-bond acceptors (Lipinski definition) is 2. The van der Waals surface area contributed by atoms with Crippen LogP contribution in [0.1, 0.15) is 59.8 Å². The third-order valence-corrected chi connectivity index (χ3v) is 4.24. The minimum absolute atomic E-state index is 0.538. The van der Waals surface area contributed by atoms with Crippen LogP contribution in [0.3, 0.4) is 0 Å². The molecule has 1 aliphatic rings. The predicted octanol–water partition coefficient (Wildman–Crippen LogP) is 3.61. The van der Waals surface area contributed by atoms with E-state index in [0.717, 1.165) is 25.0 Å². The van der Waals surface area contributed by atoms with Crippen LogP contribution in [0.2, 0.25) is 0 Å². The summed E-state index contributed by atoms with van der Waals surface area (Å²) in [6, 6.07) is 0.633. The van der Waals surface area contributed by atoms with Gasteiger partial charge in [-0.2, -0.15) is 0 Å². The summed E-state index contributed by atoms with van der Waals surface area (Å²) in [5.74, 6) is 1.73. The molecule has 1 rings (SSSR count). The molecule has 0 amide bonds. The summed E-state index contributed by atoms with van der Waals surface area (Å²) in [4.78, 5) is 0. The van der Waals surface area contributed by atoms with Crippen LogP contribution in [0.4, 0.5) is 0 Å². The SMILES string of the molecule is CCNC(C)CCCOC1CCC(C)C(C)C1. The zero-order valence-electron chi connectivity index (χ0n) is 12.2. The van der Waals surface area contributed by atoms with Crippen molar-refractivity contribution in [2.75, 3.05) is 13.2 Å². The van der Waals surface area contributed by atoms with E-state index >= 15 is 0 Å². The molecule has 4 atom stereocenters. The zero-order chi connectivity index (χ0) is 12.7. The van der Waals surface area contributed by atoms with E-state index in [1.807, 2.05) is 0 Å². The number of hydrogen-bond donors (Lipinski definition) is 1. The fourth-order valence-corrected chi connectivity index (χ4v) is 2.74. The third-order valence-electron chi connectivity index (χ3n) is 4.24. The highest BCUT2D eigenvalue weighted by Crippen LogP contribution is 2.30. The van der Waals surface area contributed by atoms with Gasteiger partial charge in [-0.05, 0) is 57.4 Å². The summed E-state index contributed by atoms with van der Waals surface area (Å²) in [5.41, 5.74) is 0. The van der Waals surface area contributed by atoms with Crippen molar-refractivity contribution in [2.24, 2.45) is 11.8 Å². The Morgan fingerprint density at radius 1 is 1.24 bits per heavy atom. The average Bonchev–Trinajstić information content (AvgIpc) is 2.29. The molecule has 0 bridgehead atoms. The summed E-state index contributed by atoms with van der Waals surface area (Å²) >= 11 is 0. The largest absolute Gasteiger partial charge is 0.378 e. The Morgan fingerprint density at radius 3 is 2.65 bits per heavy atom. The van der Waals surface area contributed by atoms with Crippen LogP contribution in [-0.4, -0.2) is 25.3 Å². The molecule has 2 heteroatoms. The Labute approximate surface area is 108 Å². The van der Waals surface area contributed by atoms with Crippen molar-refractivity contribution in [2.45, 2.75) is 71.9 Å². The van der Waals surface area contributed by atoms with Crippen molar-refractivity contribution in [3.05, 3.63) is 0 Å². The van der Waals surface area contributed by atoms with Gasteiger partial charge in [0.15, 0.2) is 0 Å². The van der Waals surface area contributed by atoms with Crippen LogP contribution in [-0.2, 0) is 4.74 Å². The fourth-order valence-electron chi connectivity index (χ4n) is 2.74. The lowest BCUT2D eigenvalue weighted by Gasteiger charge is -2.32. The summed E-state index contributed by atoms with van der Waals surface area (Å²) in [6.45, 7) is 11.2. The predicted molar refractivity (Wildman–Crippen MR) is 74.3 cm³/mol. The first-order valence-corrected chi connectivity index (χ1v) is 7.48. The Balaban J connectivity index is 2.03. The molecule has 0 radical (unpaired) electrons. The van der Waals surface area contributed by atoms with Crippen LogP contribution < -0.4 is 5.32 Å². The smallest absolute Gasteiger partial charge is 0.0577 e. The maximum Gasteiger partial charge on any atom is 0.0577 e. The van der Waals surface area contributed by atoms with E-state index in [0.29, 0.717) is 12.1 Å². The van der Waals surface area contributed by atoms with Crippen molar-refractivity contribution >= 4 is 0 Å². The van der Waals surface area contributed by atoms with E-state index in [2.05, 4.69) is 33.0 Å². The summed E-state index contributed by atoms with van der Waals surface area (Å²) < 4.78 is 6.00. The summed E-state index contributed by atoms with van der Waals surface area (Å²) in [7, 11) is 0. The Kier molecular flexibility index (Phi) is 7.14. The minimum atomic E-state index is 0.538. The highest BCUT2D eigenvalue weighted by molar-refractivity contribution is 4.75. The molecule has 1 aliphatic carbocycles. The molecule has 4 unspecified atom stereocenters. The van der Waals surface area contributed by atoms with E-state index in [9.17, 15) is 0 Å². The molecule has 0 aromatic heterocycles. The van der Waals surface area contributed by atoms with Gasteiger partial charge in [0.05, 0.1) is 6.10 Å². The molecule has 17 heavy (non-hydrogen) atoms. The first-order valence-electron chi connectivity index (χ1n) is 7.48. The number of nitrogens with one attached hydrogen (secondary N) is 1. The van der Waals surface area contributed by atoms with Gasteiger partial charge in [0.2, 0.25) is 0 Å². The molecule has 0 saturated heterocycles. The second kappa shape index (κ2) is 8.10. The number of rotatable bonds is 7. The van der Waals surface area contributed by atoms with Gasteiger partial charge in [-0.15, -0.1) is 0 Å². The lowest BCUT2D eigenvalue weighted by Crippen LogP contribution is -2.28. The lowest BCUT2D eigenvalue weighted by molar-refractivity contribution is 0.000589. The molecule has 1 fully saturated rings. The van der Waals surface area contributed by atoms with Crippen LogP contribution in [0.5, 0.6) is 0 Å². The van der Waals surface area contributed by atoms with Gasteiger partial charge in [0.25, 0.3) is 0 Å². The standard InChI is InChI=1S/C15H31NO/c1-5-16-14(4)7-6-10-17-15-9-8-12(2)13(3)11-15/h12-16H,5-11H2,1-4H3. The highest BCUT2D eigenvalue weighted by atomic mass is 16.5. The molecule has 2 nitrogen and oxygen atoms in total. The Bertz CT molecular complexity index is 195. The Morgan fingerprint density at radius 2 is 2.00 bits per heavy atom. The van der Waals surface area contributed by atoms with Gasteiger partial charge in [-0.3, -0.25) is 0 Å². The fraction of sp³-hybridized carbons (Fsp3) is 1.00. The molecular weight excluding hydrogens is 210 g/mol. The van der Waals surface area contributed by atoms with E-state index < -0.39 is 0 Å². The van der Waals surface area contributed by atoms with Crippen molar-refractivity contribution in [1.29, 1.82) is 0 Å². The van der Waals surface area contributed by atoms with Crippen molar-refractivity contribution in [1.82, 2.24) is 5.32 Å². The molecule has 0 aromatic carbocycles. The number of ether oxygens (including phenoxy) is 1. The zero-order valence-corrected chi connectivity index (χ0v) is 12.2.